The molecule has 1 aromatic heterocycles. The SMILES string of the molecule is Cc1csc(NC(=O)N(C)C(O)C(Cl)(Cl)Cl)c1. The molecule has 0 aliphatic heterocycles. The zero-order chi connectivity index (χ0) is 13.2. The van der Waals surface area contributed by atoms with E-state index in [0.717, 1.165) is 10.5 Å². The third-order valence-electron chi connectivity index (χ3n) is 1.94. The lowest BCUT2D eigenvalue weighted by Crippen LogP contribution is -2.46. The highest BCUT2D eigenvalue weighted by molar-refractivity contribution is 7.14. The smallest absolute Gasteiger partial charge is 0.324 e. The summed E-state index contributed by atoms with van der Waals surface area (Å²) >= 11 is 17.8. The van der Waals surface area contributed by atoms with E-state index in [1.165, 1.54) is 18.4 Å². The number of rotatable bonds is 2. The first kappa shape index (κ1) is 14.9. The molecule has 96 valence electrons. The molecule has 0 radical (unpaired) electrons. The van der Waals surface area contributed by atoms with Gasteiger partial charge in [-0.2, -0.15) is 0 Å². The van der Waals surface area contributed by atoms with Gasteiger partial charge < -0.3 is 5.11 Å². The van der Waals surface area contributed by atoms with Crippen LogP contribution < -0.4 is 5.32 Å². The van der Waals surface area contributed by atoms with Crippen molar-refractivity contribution in [1.82, 2.24) is 4.90 Å². The molecule has 0 fully saturated rings. The van der Waals surface area contributed by atoms with Gasteiger partial charge >= 0.3 is 6.03 Å². The van der Waals surface area contributed by atoms with Gasteiger partial charge in [0.1, 0.15) is 0 Å². The standard InChI is InChI=1S/C9H11Cl3N2O2S/c1-5-3-6(17-4-5)13-8(16)14(2)7(15)9(10,11)12/h3-4,7,15H,1-2H3,(H,13,16). The molecule has 0 aromatic carbocycles. The predicted molar refractivity (Wildman–Crippen MR) is 72.1 cm³/mol. The number of nitrogens with zero attached hydrogens (tertiary/aromatic N) is 1. The van der Waals surface area contributed by atoms with Crippen LogP contribution in [-0.4, -0.2) is 33.1 Å². The molecule has 2 N–H and O–H groups in total. The first-order valence-electron chi connectivity index (χ1n) is 4.55. The summed E-state index contributed by atoms with van der Waals surface area (Å²) in [5, 5.41) is 14.7. The van der Waals surface area contributed by atoms with Gasteiger partial charge in [-0.05, 0) is 23.9 Å². The van der Waals surface area contributed by atoms with Crippen molar-refractivity contribution in [3.63, 3.8) is 0 Å². The lowest BCUT2D eigenvalue weighted by atomic mass is 10.4. The van der Waals surface area contributed by atoms with Crippen molar-refractivity contribution < 1.29 is 9.90 Å². The van der Waals surface area contributed by atoms with Gasteiger partial charge in [-0.25, -0.2) is 4.79 Å². The van der Waals surface area contributed by atoms with Crippen LogP contribution >= 0.6 is 46.1 Å². The van der Waals surface area contributed by atoms with E-state index in [2.05, 4.69) is 5.32 Å². The second kappa shape index (κ2) is 5.63. The van der Waals surface area contributed by atoms with E-state index in [4.69, 9.17) is 34.8 Å². The molecule has 1 heterocycles. The second-order valence-electron chi connectivity index (χ2n) is 3.44. The van der Waals surface area contributed by atoms with Crippen molar-refractivity contribution in [3.8, 4) is 0 Å². The molecule has 17 heavy (non-hydrogen) atoms. The normalized spacial score (nSPS) is 13.3. The Balaban J connectivity index is 2.65. The van der Waals surface area contributed by atoms with E-state index in [9.17, 15) is 9.90 Å². The van der Waals surface area contributed by atoms with Crippen molar-refractivity contribution in [1.29, 1.82) is 0 Å². The summed E-state index contributed by atoms with van der Waals surface area (Å²) in [5.41, 5.74) is 1.04. The van der Waals surface area contributed by atoms with Crippen molar-refractivity contribution in [2.45, 2.75) is 16.9 Å². The average molecular weight is 318 g/mol. The molecule has 0 spiro atoms. The number of halogens is 3. The van der Waals surface area contributed by atoms with E-state index in [-0.39, 0.29) is 0 Å². The van der Waals surface area contributed by atoms with Crippen LogP contribution in [0.2, 0.25) is 0 Å². The fourth-order valence-electron chi connectivity index (χ4n) is 1.02. The van der Waals surface area contributed by atoms with Crippen LogP contribution in [0, 0.1) is 6.92 Å². The molecule has 0 saturated carbocycles. The molecule has 0 saturated heterocycles. The maximum atomic E-state index is 11.7. The topological polar surface area (TPSA) is 52.6 Å². The van der Waals surface area contributed by atoms with E-state index < -0.39 is 16.1 Å². The van der Waals surface area contributed by atoms with Gasteiger partial charge in [-0.1, -0.05) is 34.8 Å². The van der Waals surface area contributed by atoms with E-state index in [0.29, 0.717) is 5.00 Å². The fraction of sp³-hybridized carbons (Fsp3) is 0.444. The van der Waals surface area contributed by atoms with Crippen LogP contribution in [0.25, 0.3) is 0 Å². The third-order valence-corrected chi connectivity index (χ3v) is 3.49. The summed E-state index contributed by atoms with van der Waals surface area (Å²) < 4.78 is -1.95. The quantitative estimate of drug-likeness (QED) is 0.650. The Morgan fingerprint density at radius 1 is 1.59 bits per heavy atom. The molecule has 1 aromatic rings. The number of anilines is 1. The minimum Gasteiger partial charge on any atom is -0.369 e. The Kier molecular flexibility index (Phi) is 4.92. The minimum absolute atomic E-state index is 0.550. The Bertz CT molecular complexity index is 405. The molecule has 0 bridgehead atoms. The van der Waals surface area contributed by atoms with Crippen molar-refractivity contribution in [2.75, 3.05) is 12.4 Å². The Hall–Kier alpha value is -0.200. The molecular formula is C9H11Cl3N2O2S. The largest absolute Gasteiger partial charge is 0.369 e. The van der Waals surface area contributed by atoms with Crippen LogP contribution in [0.4, 0.5) is 9.80 Å². The summed E-state index contributed by atoms with van der Waals surface area (Å²) in [4.78, 5) is 12.6. The van der Waals surface area contributed by atoms with Crippen LogP contribution in [0.15, 0.2) is 11.4 Å². The van der Waals surface area contributed by atoms with Crippen LogP contribution in [0.1, 0.15) is 5.56 Å². The van der Waals surface area contributed by atoms with Crippen molar-refractivity contribution in [2.24, 2.45) is 0 Å². The van der Waals surface area contributed by atoms with Gasteiger partial charge in [-0.3, -0.25) is 10.2 Å². The Morgan fingerprint density at radius 3 is 2.59 bits per heavy atom. The van der Waals surface area contributed by atoms with E-state index in [1.54, 1.807) is 6.07 Å². The van der Waals surface area contributed by atoms with Crippen molar-refractivity contribution >= 4 is 57.2 Å². The fourth-order valence-corrected chi connectivity index (χ4v) is 2.24. The molecule has 8 heteroatoms. The number of amides is 2. The molecule has 0 aliphatic carbocycles. The van der Waals surface area contributed by atoms with E-state index in [1.807, 2.05) is 12.3 Å². The average Bonchev–Trinajstić information content (AvgIpc) is 2.60. The van der Waals surface area contributed by atoms with Gasteiger partial charge in [0, 0.05) is 7.05 Å². The highest BCUT2D eigenvalue weighted by Crippen LogP contribution is 2.31. The lowest BCUT2D eigenvalue weighted by Gasteiger charge is -2.28. The summed E-state index contributed by atoms with van der Waals surface area (Å²) in [6, 6.07) is 1.25. The predicted octanol–water partition coefficient (Wildman–Crippen LogP) is 3.21. The Morgan fingerprint density at radius 2 is 2.18 bits per heavy atom. The molecule has 1 rings (SSSR count). The maximum Gasteiger partial charge on any atom is 0.324 e. The zero-order valence-electron chi connectivity index (χ0n) is 9.08. The van der Waals surface area contributed by atoms with E-state index >= 15 is 0 Å². The number of hydrogen-bond donors (Lipinski definition) is 2. The Labute approximate surface area is 118 Å². The summed E-state index contributed by atoms with van der Waals surface area (Å²) in [6.07, 6.45) is -1.52. The van der Waals surface area contributed by atoms with Gasteiger partial charge in [0.25, 0.3) is 0 Å². The van der Waals surface area contributed by atoms with Gasteiger partial charge in [0.15, 0.2) is 6.23 Å². The zero-order valence-corrected chi connectivity index (χ0v) is 12.2. The number of carbonyl (C=O) groups is 1. The lowest BCUT2D eigenvalue weighted by molar-refractivity contribution is 0.0547. The number of aryl methyl sites for hydroxylation is 1. The summed E-state index contributed by atoms with van der Waals surface area (Å²) in [6.45, 7) is 1.91. The minimum atomic E-state index is -1.95. The second-order valence-corrected chi connectivity index (χ2v) is 6.72. The number of nitrogens with one attached hydrogen (secondary N) is 1. The number of thiophene rings is 1. The van der Waals surface area contributed by atoms with Crippen LogP contribution in [0.3, 0.4) is 0 Å². The third kappa shape index (κ3) is 4.19. The molecule has 1 atom stereocenters. The molecule has 2 amide bonds. The first-order chi connectivity index (χ1) is 7.71. The van der Waals surface area contributed by atoms with Crippen LogP contribution in [-0.2, 0) is 0 Å². The summed E-state index contributed by atoms with van der Waals surface area (Å²) in [5.74, 6) is 0. The van der Waals surface area contributed by atoms with Crippen LogP contribution in [0.5, 0.6) is 0 Å². The first-order valence-corrected chi connectivity index (χ1v) is 6.57. The highest BCUT2D eigenvalue weighted by atomic mass is 35.6. The van der Waals surface area contributed by atoms with Gasteiger partial charge in [0.2, 0.25) is 3.79 Å². The van der Waals surface area contributed by atoms with Crippen molar-refractivity contribution in [3.05, 3.63) is 17.0 Å². The monoisotopic (exact) mass is 316 g/mol. The molecule has 0 aliphatic rings. The van der Waals surface area contributed by atoms with Gasteiger partial charge in [-0.15, -0.1) is 11.3 Å². The number of alkyl halides is 3. The van der Waals surface area contributed by atoms with Gasteiger partial charge in [0.05, 0.1) is 5.00 Å². The summed E-state index contributed by atoms with van der Waals surface area (Å²) in [7, 11) is 1.34. The maximum absolute atomic E-state index is 11.7. The number of hydrogen-bond acceptors (Lipinski definition) is 3. The number of aliphatic hydroxyl groups is 1. The molecular weight excluding hydrogens is 307 g/mol. The number of carbonyl (C=O) groups excluding carboxylic acids is 1. The number of aliphatic hydroxyl groups excluding tert-OH is 1. The molecule has 4 nitrogen and oxygen atoms in total. The highest BCUT2D eigenvalue weighted by Gasteiger charge is 2.36. The number of urea groups is 1. The molecule has 1 unspecified atom stereocenters.